The number of aromatic nitrogens is 2. The van der Waals surface area contributed by atoms with Gasteiger partial charge in [0.25, 0.3) is 0 Å². The third-order valence-corrected chi connectivity index (χ3v) is 3.01. The van der Waals surface area contributed by atoms with Gasteiger partial charge in [-0.3, -0.25) is 0 Å². The van der Waals surface area contributed by atoms with Crippen molar-refractivity contribution >= 4 is 11.6 Å². The van der Waals surface area contributed by atoms with E-state index in [2.05, 4.69) is 22.4 Å². The molecular weight excluding hydrogens is 250 g/mol. The Labute approximate surface area is 111 Å². The molecule has 4 nitrogen and oxygen atoms in total. The lowest BCUT2D eigenvalue weighted by molar-refractivity contribution is 0.356. The third kappa shape index (κ3) is 3.31. The van der Waals surface area contributed by atoms with Gasteiger partial charge in [0.2, 0.25) is 5.89 Å². The average Bonchev–Trinajstić information content (AvgIpc) is 2.85. The molecule has 2 aromatic rings. The first-order valence-electron chi connectivity index (χ1n) is 5.99. The summed E-state index contributed by atoms with van der Waals surface area (Å²) in [5.74, 6) is 1.36. The van der Waals surface area contributed by atoms with Crippen molar-refractivity contribution in [3.63, 3.8) is 0 Å². The Balaban J connectivity index is 1.91. The lowest BCUT2D eigenvalue weighted by atomic mass is 10.1. The van der Waals surface area contributed by atoms with Crippen molar-refractivity contribution < 1.29 is 4.52 Å². The maximum absolute atomic E-state index is 5.85. The van der Waals surface area contributed by atoms with Crippen LogP contribution in [0.2, 0.25) is 5.02 Å². The molecule has 0 spiro atoms. The maximum Gasteiger partial charge on any atom is 0.240 e. The highest BCUT2D eigenvalue weighted by Gasteiger charge is 2.08. The second-order valence-corrected chi connectivity index (χ2v) is 4.55. The number of aryl methyl sites for hydroxylation is 1. The van der Waals surface area contributed by atoms with E-state index in [-0.39, 0.29) is 6.04 Å². The number of nitrogens with zero attached hydrogens (tertiary/aromatic N) is 2. The molecule has 0 aliphatic rings. The van der Waals surface area contributed by atoms with Gasteiger partial charge in [-0.05, 0) is 24.6 Å². The smallest absolute Gasteiger partial charge is 0.240 e. The van der Waals surface area contributed by atoms with E-state index in [1.807, 2.05) is 31.2 Å². The summed E-state index contributed by atoms with van der Waals surface area (Å²) in [6.45, 7) is 4.65. The molecule has 0 aliphatic heterocycles. The zero-order valence-corrected chi connectivity index (χ0v) is 11.2. The Bertz CT molecular complexity index is 495. The fraction of sp³-hybridized carbons (Fsp3) is 0.385. The summed E-state index contributed by atoms with van der Waals surface area (Å²) in [5, 5.41) is 7.93. The van der Waals surface area contributed by atoms with E-state index in [0.29, 0.717) is 12.4 Å². The molecule has 0 fully saturated rings. The first-order chi connectivity index (χ1) is 8.69. The average molecular weight is 266 g/mol. The highest BCUT2D eigenvalue weighted by Crippen LogP contribution is 2.16. The molecule has 1 aromatic carbocycles. The molecule has 0 aliphatic carbocycles. The van der Waals surface area contributed by atoms with E-state index in [9.17, 15) is 0 Å². The zero-order chi connectivity index (χ0) is 13.0. The van der Waals surface area contributed by atoms with Crippen molar-refractivity contribution in [2.45, 2.75) is 32.9 Å². The van der Waals surface area contributed by atoms with Crippen molar-refractivity contribution in [1.29, 1.82) is 0 Å². The molecule has 0 bridgehead atoms. The normalized spacial score (nSPS) is 12.6. The molecule has 1 N–H and O–H groups in total. The number of hydrogen-bond donors (Lipinski definition) is 1. The standard InChI is InChI=1S/C13H16ClN3O/c1-3-12-16-13(18-17-12)8-15-9(2)10-4-6-11(14)7-5-10/h4-7,9,15H,3,8H2,1-2H3. The van der Waals surface area contributed by atoms with E-state index in [0.717, 1.165) is 17.3 Å². The molecule has 18 heavy (non-hydrogen) atoms. The van der Waals surface area contributed by atoms with Crippen LogP contribution in [0.15, 0.2) is 28.8 Å². The molecular formula is C13H16ClN3O. The second kappa shape index (κ2) is 5.98. The van der Waals surface area contributed by atoms with Crippen molar-refractivity contribution in [1.82, 2.24) is 15.5 Å². The summed E-state index contributed by atoms with van der Waals surface area (Å²) in [7, 11) is 0. The van der Waals surface area contributed by atoms with Crippen LogP contribution in [-0.4, -0.2) is 10.1 Å². The largest absolute Gasteiger partial charge is 0.338 e. The lowest BCUT2D eigenvalue weighted by Gasteiger charge is -2.12. The van der Waals surface area contributed by atoms with Crippen molar-refractivity contribution in [2.75, 3.05) is 0 Å². The first kappa shape index (κ1) is 13.1. The fourth-order valence-electron chi connectivity index (χ4n) is 1.62. The molecule has 1 heterocycles. The number of nitrogens with one attached hydrogen (secondary N) is 1. The predicted molar refractivity (Wildman–Crippen MR) is 70.4 cm³/mol. The summed E-state index contributed by atoms with van der Waals surface area (Å²) in [4.78, 5) is 4.25. The van der Waals surface area contributed by atoms with E-state index in [1.165, 1.54) is 5.56 Å². The molecule has 96 valence electrons. The van der Waals surface area contributed by atoms with Gasteiger partial charge in [-0.1, -0.05) is 35.8 Å². The van der Waals surface area contributed by atoms with E-state index in [4.69, 9.17) is 16.1 Å². The van der Waals surface area contributed by atoms with Crippen LogP contribution in [0.3, 0.4) is 0 Å². The van der Waals surface area contributed by atoms with Crippen LogP contribution in [0.5, 0.6) is 0 Å². The molecule has 1 aromatic heterocycles. The van der Waals surface area contributed by atoms with Gasteiger partial charge in [0.15, 0.2) is 5.82 Å². The quantitative estimate of drug-likeness (QED) is 0.902. The summed E-state index contributed by atoms with van der Waals surface area (Å²) >= 11 is 5.85. The summed E-state index contributed by atoms with van der Waals surface area (Å²) in [5.41, 5.74) is 1.18. The Morgan fingerprint density at radius 1 is 1.33 bits per heavy atom. The lowest BCUT2D eigenvalue weighted by Crippen LogP contribution is -2.18. The monoisotopic (exact) mass is 265 g/mol. The van der Waals surface area contributed by atoms with Gasteiger partial charge in [-0.15, -0.1) is 0 Å². The minimum absolute atomic E-state index is 0.208. The van der Waals surface area contributed by atoms with Crippen molar-refractivity contribution in [2.24, 2.45) is 0 Å². The first-order valence-corrected chi connectivity index (χ1v) is 6.37. The molecule has 1 unspecified atom stereocenters. The molecule has 1 atom stereocenters. The molecule has 2 rings (SSSR count). The summed E-state index contributed by atoms with van der Waals surface area (Å²) < 4.78 is 5.12. The minimum Gasteiger partial charge on any atom is -0.338 e. The Morgan fingerprint density at radius 2 is 2.06 bits per heavy atom. The Hall–Kier alpha value is -1.39. The van der Waals surface area contributed by atoms with Crippen LogP contribution >= 0.6 is 11.6 Å². The van der Waals surface area contributed by atoms with E-state index < -0.39 is 0 Å². The molecule has 0 saturated carbocycles. The van der Waals surface area contributed by atoms with Crippen molar-refractivity contribution in [3.05, 3.63) is 46.6 Å². The Kier molecular flexibility index (Phi) is 4.33. The van der Waals surface area contributed by atoms with Crippen molar-refractivity contribution in [3.8, 4) is 0 Å². The highest BCUT2D eigenvalue weighted by molar-refractivity contribution is 6.30. The SMILES string of the molecule is CCc1noc(CNC(C)c2ccc(Cl)cc2)n1. The van der Waals surface area contributed by atoms with Gasteiger partial charge < -0.3 is 9.84 Å². The summed E-state index contributed by atoms with van der Waals surface area (Å²) in [6, 6.07) is 7.99. The van der Waals surface area contributed by atoms with Gasteiger partial charge in [0.1, 0.15) is 0 Å². The zero-order valence-electron chi connectivity index (χ0n) is 10.5. The van der Waals surface area contributed by atoms with Crippen LogP contribution in [0.1, 0.15) is 37.2 Å². The van der Waals surface area contributed by atoms with Crippen LogP contribution in [0.25, 0.3) is 0 Å². The number of halogens is 1. The minimum atomic E-state index is 0.208. The van der Waals surface area contributed by atoms with Crippen LogP contribution in [0.4, 0.5) is 0 Å². The van der Waals surface area contributed by atoms with Gasteiger partial charge in [-0.25, -0.2) is 0 Å². The molecule has 5 heteroatoms. The van der Waals surface area contributed by atoms with Gasteiger partial charge >= 0.3 is 0 Å². The van der Waals surface area contributed by atoms with E-state index in [1.54, 1.807) is 0 Å². The number of rotatable bonds is 5. The number of benzene rings is 1. The van der Waals surface area contributed by atoms with Gasteiger partial charge in [0, 0.05) is 17.5 Å². The van der Waals surface area contributed by atoms with Gasteiger partial charge in [-0.2, -0.15) is 4.98 Å². The molecule has 0 amide bonds. The topological polar surface area (TPSA) is 51.0 Å². The maximum atomic E-state index is 5.85. The number of hydrogen-bond acceptors (Lipinski definition) is 4. The third-order valence-electron chi connectivity index (χ3n) is 2.76. The second-order valence-electron chi connectivity index (χ2n) is 4.11. The molecule has 0 radical (unpaired) electrons. The van der Waals surface area contributed by atoms with Crippen LogP contribution in [-0.2, 0) is 13.0 Å². The van der Waals surface area contributed by atoms with Gasteiger partial charge in [0.05, 0.1) is 6.54 Å². The Morgan fingerprint density at radius 3 is 2.67 bits per heavy atom. The predicted octanol–water partition coefficient (Wildman–Crippen LogP) is 3.14. The molecule has 0 saturated heterocycles. The van der Waals surface area contributed by atoms with Crippen LogP contribution in [0, 0.1) is 0 Å². The van der Waals surface area contributed by atoms with Crippen LogP contribution < -0.4 is 5.32 Å². The highest BCUT2D eigenvalue weighted by atomic mass is 35.5. The fourth-order valence-corrected chi connectivity index (χ4v) is 1.74. The summed E-state index contributed by atoms with van der Waals surface area (Å²) in [6.07, 6.45) is 0.788. The van der Waals surface area contributed by atoms with E-state index >= 15 is 0 Å².